The van der Waals surface area contributed by atoms with E-state index < -0.39 is 22.0 Å². The number of sulfonamides is 1. The standard InChI is InChI=1S/C25H29N3O5S/c1-6-12-33-27-17(4)19-8-10-21(11-9-19)26-23(25(29)28-34(5,30)31)20-13-18(7-2)24-22(14-20)16(3)15-32-24/h6,8-11,13-15,23,26H,1,7,12H2,2-5H3,(H,28,29)/b27-17-. The topological polar surface area (TPSA) is 110 Å². The molecular weight excluding hydrogens is 454 g/mol. The molecule has 8 nitrogen and oxygen atoms in total. The Labute approximate surface area is 199 Å². The van der Waals surface area contributed by atoms with Crippen LogP contribution in [0.1, 0.15) is 42.1 Å². The SMILES string of the molecule is C=CCO/N=C(/C)c1ccc(NC(C(=O)NS(C)(=O)=O)c2cc(CC)c3occ(C)c3c2)cc1. The number of rotatable bonds is 10. The smallest absolute Gasteiger partial charge is 0.260 e. The summed E-state index contributed by atoms with van der Waals surface area (Å²) in [5, 5.41) is 8.08. The first-order chi connectivity index (χ1) is 16.1. The van der Waals surface area contributed by atoms with Gasteiger partial charge in [-0.2, -0.15) is 0 Å². The Morgan fingerprint density at radius 2 is 1.97 bits per heavy atom. The van der Waals surface area contributed by atoms with Crippen LogP contribution in [0.5, 0.6) is 0 Å². The number of benzene rings is 2. The van der Waals surface area contributed by atoms with Gasteiger partial charge in [0.1, 0.15) is 18.2 Å². The van der Waals surface area contributed by atoms with Crippen molar-refractivity contribution in [2.24, 2.45) is 5.16 Å². The van der Waals surface area contributed by atoms with Crippen molar-refractivity contribution >= 4 is 38.3 Å². The molecule has 2 N–H and O–H groups in total. The summed E-state index contributed by atoms with van der Waals surface area (Å²) in [5.41, 5.74) is 5.44. The first-order valence-electron chi connectivity index (χ1n) is 10.8. The van der Waals surface area contributed by atoms with Gasteiger partial charge in [0, 0.05) is 11.1 Å². The molecule has 0 fully saturated rings. The molecule has 0 aliphatic carbocycles. The molecule has 1 heterocycles. The van der Waals surface area contributed by atoms with Crippen LogP contribution in [0, 0.1) is 6.92 Å². The molecule has 0 aliphatic rings. The summed E-state index contributed by atoms with van der Waals surface area (Å²) < 4.78 is 31.4. The highest BCUT2D eigenvalue weighted by molar-refractivity contribution is 7.89. The summed E-state index contributed by atoms with van der Waals surface area (Å²) in [4.78, 5) is 18.2. The fourth-order valence-corrected chi connectivity index (χ4v) is 4.02. The highest BCUT2D eigenvalue weighted by Gasteiger charge is 2.25. The summed E-state index contributed by atoms with van der Waals surface area (Å²) in [6.45, 7) is 9.64. The van der Waals surface area contributed by atoms with Gasteiger partial charge >= 0.3 is 0 Å². The Balaban J connectivity index is 1.97. The number of hydrogen-bond donors (Lipinski definition) is 2. The number of furan rings is 1. The maximum Gasteiger partial charge on any atom is 0.260 e. The zero-order valence-corrected chi connectivity index (χ0v) is 20.5. The Kier molecular flexibility index (Phi) is 7.78. The van der Waals surface area contributed by atoms with Gasteiger partial charge in [-0.3, -0.25) is 9.52 Å². The number of carbonyl (C=O) groups excluding carboxylic acids is 1. The third-order valence-corrected chi connectivity index (χ3v) is 5.81. The van der Waals surface area contributed by atoms with Gasteiger partial charge in [0.2, 0.25) is 10.0 Å². The van der Waals surface area contributed by atoms with Crippen LogP contribution in [0.3, 0.4) is 0 Å². The van der Waals surface area contributed by atoms with E-state index in [9.17, 15) is 13.2 Å². The van der Waals surface area contributed by atoms with Crippen molar-refractivity contribution in [3.05, 3.63) is 77.6 Å². The molecule has 180 valence electrons. The van der Waals surface area contributed by atoms with Crippen LogP contribution in [0.2, 0.25) is 0 Å². The lowest BCUT2D eigenvalue weighted by atomic mass is 9.98. The van der Waals surface area contributed by atoms with Gasteiger partial charge in [-0.05, 0) is 66.8 Å². The molecule has 3 aromatic rings. The molecule has 0 bridgehead atoms. The van der Waals surface area contributed by atoms with Crippen molar-refractivity contribution in [3.63, 3.8) is 0 Å². The molecule has 0 radical (unpaired) electrons. The average Bonchev–Trinajstić information content (AvgIpc) is 3.16. The number of fused-ring (bicyclic) bond motifs is 1. The molecule has 0 aliphatic heterocycles. The van der Waals surface area contributed by atoms with Gasteiger partial charge in [0.25, 0.3) is 5.91 Å². The molecule has 3 rings (SSSR count). The molecule has 2 aromatic carbocycles. The molecular formula is C25H29N3O5S. The molecule has 1 atom stereocenters. The summed E-state index contributed by atoms with van der Waals surface area (Å²) in [6.07, 6.45) is 4.93. The van der Waals surface area contributed by atoms with Crippen LogP contribution < -0.4 is 10.0 Å². The number of hydrogen-bond acceptors (Lipinski definition) is 7. The molecule has 34 heavy (non-hydrogen) atoms. The van der Waals surface area contributed by atoms with Crippen LogP contribution in [0.25, 0.3) is 11.0 Å². The van der Waals surface area contributed by atoms with Crippen molar-refractivity contribution in [1.82, 2.24) is 4.72 Å². The Hall–Kier alpha value is -3.59. The van der Waals surface area contributed by atoms with Gasteiger partial charge < -0.3 is 14.6 Å². The van der Waals surface area contributed by atoms with E-state index in [1.165, 1.54) is 0 Å². The second kappa shape index (κ2) is 10.6. The number of aryl methyl sites for hydroxylation is 2. The predicted octanol–water partition coefficient (Wildman–Crippen LogP) is 4.46. The Morgan fingerprint density at radius 1 is 1.26 bits per heavy atom. The number of amides is 1. The second-order valence-electron chi connectivity index (χ2n) is 7.98. The number of oxime groups is 1. The van der Waals surface area contributed by atoms with Crippen molar-refractivity contribution in [2.45, 2.75) is 33.2 Å². The van der Waals surface area contributed by atoms with E-state index in [1.807, 2.05) is 45.0 Å². The minimum atomic E-state index is -3.75. The molecule has 0 spiro atoms. The minimum Gasteiger partial charge on any atom is -0.464 e. The molecule has 0 saturated heterocycles. The monoisotopic (exact) mass is 483 g/mol. The third kappa shape index (κ3) is 6.05. The van der Waals surface area contributed by atoms with Crippen LogP contribution >= 0.6 is 0 Å². The Bertz CT molecular complexity index is 1320. The number of carbonyl (C=O) groups is 1. The predicted molar refractivity (Wildman–Crippen MR) is 134 cm³/mol. The number of nitrogens with one attached hydrogen (secondary N) is 2. The van der Waals surface area contributed by atoms with Gasteiger partial charge in [0.05, 0.1) is 18.2 Å². The van der Waals surface area contributed by atoms with Gasteiger partial charge in [-0.15, -0.1) is 0 Å². The summed E-state index contributed by atoms with van der Waals surface area (Å²) in [5.74, 6) is -0.676. The minimum absolute atomic E-state index is 0.314. The first-order valence-corrected chi connectivity index (χ1v) is 12.7. The first kappa shape index (κ1) is 25.0. The summed E-state index contributed by atoms with van der Waals surface area (Å²) >= 11 is 0. The Morgan fingerprint density at radius 3 is 2.59 bits per heavy atom. The van der Waals surface area contributed by atoms with E-state index in [2.05, 4.69) is 21.8 Å². The summed E-state index contributed by atoms with van der Waals surface area (Å²) in [7, 11) is -3.75. The largest absolute Gasteiger partial charge is 0.464 e. The second-order valence-corrected chi connectivity index (χ2v) is 9.73. The van der Waals surface area contributed by atoms with Crippen molar-refractivity contribution in [2.75, 3.05) is 18.2 Å². The average molecular weight is 484 g/mol. The number of anilines is 1. The van der Waals surface area contributed by atoms with E-state index in [0.29, 0.717) is 30.0 Å². The molecule has 0 saturated carbocycles. The van der Waals surface area contributed by atoms with Crippen molar-refractivity contribution < 1.29 is 22.5 Å². The van der Waals surface area contributed by atoms with Crippen molar-refractivity contribution in [3.8, 4) is 0 Å². The maximum absolute atomic E-state index is 13.0. The van der Waals surface area contributed by atoms with Crippen LogP contribution in [0.4, 0.5) is 5.69 Å². The molecule has 1 unspecified atom stereocenters. The van der Waals surface area contributed by atoms with Gasteiger partial charge in [0.15, 0.2) is 0 Å². The fraction of sp³-hybridized carbons (Fsp3) is 0.280. The quantitative estimate of drug-likeness (QED) is 0.191. The highest BCUT2D eigenvalue weighted by Crippen LogP contribution is 2.30. The summed E-state index contributed by atoms with van der Waals surface area (Å²) in [6, 6.07) is 10.0. The fourth-order valence-electron chi connectivity index (χ4n) is 3.54. The van der Waals surface area contributed by atoms with E-state index >= 15 is 0 Å². The molecule has 1 aromatic heterocycles. The van der Waals surface area contributed by atoms with Crippen LogP contribution in [-0.2, 0) is 26.1 Å². The van der Waals surface area contributed by atoms with Crippen LogP contribution in [0.15, 0.2) is 64.9 Å². The van der Waals surface area contributed by atoms with Gasteiger partial charge in [-0.1, -0.05) is 36.9 Å². The van der Waals surface area contributed by atoms with Crippen LogP contribution in [-0.4, -0.2) is 32.9 Å². The lowest BCUT2D eigenvalue weighted by Gasteiger charge is -2.21. The normalized spacial score (nSPS) is 12.9. The molecule has 9 heteroatoms. The van der Waals surface area contributed by atoms with E-state index in [4.69, 9.17) is 9.25 Å². The highest BCUT2D eigenvalue weighted by atomic mass is 32.2. The number of nitrogens with zero attached hydrogens (tertiary/aromatic N) is 1. The van der Waals surface area contributed by atoms with Crippen molar-refractivity contribution in [1.29, 1.82) is 0 Å². The maximum atomic E-state index is 13.0. The van der Waals surface area contributed by atoms with Gasteiger partial charge in [-0.25, -0.2) is 8.42 Å². The lowest BCUT2D eigenvalue weighted by molar-refractivity contribution is -0.120. The van der Waals surface area contributed by atoms with E-state index in [1.54, 1.807) is 24.5 Å². The molecule has 1 amide bonds. The van der Waals surface area contributed by atoms with E-state index in [-0.39, 0.29) is 0 Å². The third-order valence-electron chi connectivity index (χ3n) is 5.24. The van der Waals surface area contributed by atoms with E-state index in [0.717, 1.165) is 33.9 Å². The zero-order chi connectivity index (χ0) is 24.9. The zero-order valence-electron chi connectivity index (χ0n) is 19.7. The lowest BCUT2D eigenvalue weighted by Crippen LogP contribution is -2.37.